The zero-order valence-electron chi connectivity index (χ0n) is 14.5. The van der Waals surface area contributed by atoms with Crippen molar-refractivity contribution in [2.45, 2.75) is 45.1 Å². The summed E-state index contributed by atoms with van der Waals surface area (Å²) in [7, 11) is 1.74. The number of nitrogens with one attached hydrogen (secondary N) is 1. The molecule has 1 aliphatic heterocycles. The highest BCUT2D eigenvalue weighted by Crippen LogP contribution is 2.30. The monoisotopic (exact) mass is 333 g/mol. The number of nitrogens with zero attached hydrogens (tertiary/aromatic N) is 4. The maximum absolute atomic E-state index is 12.2. The van der Waals surface area contributed by atoms with Crippen LogP contribution in [0.5, 0.6) is 0 Å². The van der Waals surface area contributed by atoms with E-state index in [-0.39, 0.29) is 36.5 Å². The van der Waals surface area contributed by atoms with E-state index in [0.717, 1.165) is 23.4 Å². The minimum atomic E-state index is -0.405. The predicted molar refractivity (Wildman–Crippen MR) is 87.4 cm³/mol. The maximum Gasteiger partial charge on any atom is 0.327 e. The first-order valence-electron chi connectivity index (χ1n) is 8.12. The molecule has 24 heavy (non-hydrogen) atoms. The third-order valence-corrected chi connectivity index (χ3v) is 4.29. The Bertz CT molecular complexity index is 699. The van der Waals surface area contributed by atoms with E-state index < -0.39 is 5.91 Å². The summed E-state index contributed by atoms with van der Waals surface area (Å²) in [6, 6.07) is 1.61. The van der Waals surface area contributed by atoms with Crippen LogP contribution in [0.1, 0.15) is 39.3 Å². The quantitative estimate of drug-likeness (QED) is 0.835. The number of imide groups is 1. The second kappa shape index (κ2) is 5.61. The van der Waals surface area contributed by atoms with E-state index in [1.165, 1.54) is 0 Å². The molecule has 2 fully saturated rings. The van der Waals surface area contributed by atoms with E-state index in [9.17, 15) is 14.4 Å². The Balaban J connectivity index is 1.65. The van der Waals surface area contributed by atoms with Gasteiger partial charge in [0.15, 0.2) is 0 Å². The first kappa shape index (κ1) is 16.5. The molecule has 8 nitrogen and oxygen atoms in total. The van der Waals surface area contributed by atoms with Crippen molar-refractivity contribution in [3.63, 3.8) is 0 Å². The first-order chi connectivity index (χ1) is 11.2. The van der Waals surface area contributed by atoms with Crippen LogP contribution >= 0.6 is 0 Å². The lowest BCUT2D eigenvalue weighted by Crippen LogP contribution is -2.39. The average Bonchev–Trinajstić information content (AvgIpc) is 3.19. The van der Waals surface area contributed by atoms with Crippen LogP contribution in [0.4, 0.5) is 10.6 Å². The molecule has 0 unspecified atom stereocenters. The molecule has 4 amide bonds. The Labute approximate surface area is 140 Å². The number of rotatable bonds is 4. The van der Waals surface area contributed by atoms with E-state index in [0.29, 0.717) is 5.82 Å². The van der Waals surface area contributed by atoms with Gasteiger partial charge in [-0.15, -0.1) is 0 Å². The smallest absolute Gasteiger partial charge is 0.312 e. The second-order valence-corrected chi connectivity index (χ2v) is 7.46. The van der Waals surface area contributed by atoms with Crippen LogP contribution < -0.4 is 5.32 Å². The zero-order chi connectivity index (χ0) is 17.6. The Morgan fingerprint density at radius 3 is 2.54 bits per heavy atom. The van der Waals surface area contributed by atoms with Gasteiger partial charge in [-0.3, -0.25) is 19.2 Å². The lowest BCUT2D eigenvalue weighted by atomic mass is 9.92. The van der Waals surface area contributed by atoms with Crippen molar-refractivity contribution in [2.75, 3.05) is 18.4 Å². The van der Waals surface area contributed by atoms with E-state index in [4.69, 9.17) is 0 Å². The fourth-order valence-corrected chi connectivity index (χ4v) is 2.66. The molecular weight excluding hydrogens is 310 g/mol. The van der Waals surface area contributed by atoms with Gasteiger partial charge in [0.05, 0.1) is 5.69 Å². The van der Waals surface area contributed by atoms with Gasteiger partial charge in [0.2, 0.25) is 5.91 Å². The summed E-state index contributed by atoms with van der Waals surface area (Å²) < 4.78 is 1.59. The second-order valence-electron chi connectivity index (χ2n) is 7.46. The van der Waals surface area contributed by atoms with E-state index in [2.05, 4.69) is 10.4 Å². The molecule has 1 saturated carbocycles. The lowest BCUT2D eigenvalue weighted by molar-refractivity contribution is -0.129. The Hall–Kier alpha value is -2.38. The predicted octanol–water partition coefficient (Wildman–Crippen LogP) is 1.08. The van der Waals surface area contributed by atoms with Crippen LogP contribution in [0.25, 0.3) is 0 Å². The van der Waals surface area contributed by atoms with Crippen molar-refractivity contribution in [1.82, 2.24) is 19.6 Å². The highest BCUT2D eigenvalue weighted by atomic mass is 16.2. The molecule has 1 N–H and O–H groups in total. The van der Waals surface area contributed by atoms with Gasteiger partial charge in [0.25, 0.3) is 5.91 Å². The fourth-order valence-electron chi connectivity index (χ4n) is 2.66. The number of aryl methyl sites for hydroxylation is 1. The molecule has 0 bridgehead atoms. The molecule has 1 aliphatic carbocycles. The summed E-state index contributed by atoms with van der Waals surface area (Å²) in [4.78, 5) is 39.0. The molecule has 2 heterocycles. The van der Waals surface area contributed by atoms with Gasteiger partial charge in [-0.1, -0.05) is 20.8 Å². The number of anilines is 1. The van der Waals surface area contributed by atoms with Crippen LogP contribution in [0.3, 0.4) is 0 Å². The lowest BCUT2D eigenvalue weighted by Gasteiger charge is -2.16. The van der Waals surface area contributed by atoms with Gasteiger partial charge < -0.3 is 10.2 Å². The molecule has 0 radical (unpaired) electrons. The number of carbonyl (C=O) groups is 3. The number of hydrogen-bond acceptors (Lipinski definition) is 4. The third kappa shape index (κ3) is 3.13. The van der Waals surface area contributed by atoms with Gasteiger partial charge in [0, 0.05) is 24.6 Å². The molecule has 1 aromatic heterocycles. The molecule has 130 valence electrons. The maximum atomic E-state index is 12.2. The van der Waals surface area contributed by atoms with Crippen molar-refractivity contribution < 1.29 is 14.4 Å². The molecule has 1 aromatic rings. The number of hydrogen-bond donors (Lipinski definition) is 1. The molecule has 8 heteroatoms. The van der Waals surface area contributed by atoms with E-state index >= 15 is 0 Å². The zero-order valence-corrected chi connectivity index (χ0v) is 14.5. The molecule has 1 saturated heterocycles. The molecule has 0 aromatic carbocycles. The molecule has 2 aliphatic rings. The van der Waals surface area contributed by atoms with Crippen molar-refractivity contribution in [2.24, 2.45) is 7.05 Å². The number of amides is 4. The Kier molecular flexibility index (Phi) is 3.85. The van der Waals surface area contributed by atoms with Crippen LogP contribution in [0.2, 0.25) is 0 Å². The SMILES string of the molecule is Cn1nc(C(C)(C)C)cc1NC(=O)CN1C(=O)CN(C2CC2)C1=O. The summed E-state index contributed by atoms with van der Waals surface area (Å²) in [6.07, 6.45) is 1.87. The van der Waals surface area contributed by atoms with Gasteiger partial charge in [0.1, 0.15) is 18.9 Å². The Morgan fingerprint density at radius 2 is 2.00 bits per heavy atom. The minimum Gasteiger partial charge on any atom is -0.312 e. The number of urea groups is 1. The van der Waals surface area contributed by atoms with Gasteiger partial charge >= 0.3 is 6.03 Å². The summed E-state index contributed by atoms with van der Waals surface area (Å²) >= 11 is 0. The summed E-state index contributed by atoms with van der Waals surface area (Å²) in [5, 5.41) is 7.11. The topological polar surface area (TPSA) is 87.5 Å². The minimum absolute atomic E-state index is 0.0800. The molecular formula is C16H23N5O3. The number of aromatic nitrogens is 2. The van der Waals surface area contributed by atoms with Crippen LogP contribution in [0.15, 0.2) is 6.07 Å². The van der Waals surface area contributed by atoms with Crippen molar-refractivity contribution in [1.29, 1.82) is 0 Å². The summed E-state index contributed by atoms with van der Waals surface area (Å²) in [5.41, 5.74) is 0.723. The number of carbonyl (C=O) groups excluding carboxylic acids is 3. The van der Waals surface area contributed by atoms with Gasteiger partial charge in [-0.25, -0.2) is 4.79 Å². The Morgan fingerprint density at radius 1 is 1.33 bits per heavy atom. The first-order valence-corrected chi connectivity index (χ1v) is 8.12. The molecule has 3 rings (SSSR count). The van der Waals surface area contributed by atoms with Crippen molar-refractivity contribution >= 4 is 23.7 Å². The van der Waals surface area contributed by atoms with Gasteiger partial charge in [-0.05, 0) is 12.8 Å². The third-order valence-electron chi connectivity index (χ3n) is 4.29. The van der Waals surface area contributed by atoms with Crippen molar-refractivity contribution in [3.8, 4) is 0 Å². The highest BCUT2D eigenvalue weighted by molar-refractivity contribution is 6.06. The van der Waals surface area contributed by atoms with E-state index in [1.807, 2.05) is 26.8 Å². The van der Waals surface area contributed by atoms with Crippen LogP contribution in [0, 0.1) is 0 Å². The fraction of sp³-hybridized carbons (Fsp3) is 0.625. The van der Waals surface area contributed by atoms with Crippen LogP contribution in [-0.4, -0.2) is 56.6 Å². The highest BCUT2D eigenvalue weighted by Gasteiger charge is 2.44. The largest absolute Gasteiger partial charge is 0.327 e. The molecule has 0 atom stereocenters. The molecule has 0 spiro atoms. The standard InChI is InChI=1S/C16H23N5O3/c1-16(2,3)11-7-12(19(4)18-11)17-13(22)8-21-14(23)9-20(15(21)24)10-5-6-10/h7,10H,5-6,8-9H2,1-4H3,(H,17,22). The van der Waals surface area contributed by atoms with Crippen LogP contribution in [-0.2, 0) is 22.1 Å². The summed E-state index contributed by atoms with van der Waals surface area (Å²) in [6.45, 7) is 5.92. The summed E-state index contributed by atoms with van der Waals surface area (Å²) in [5.74, 6) is -0.177. The van der Waals surface area contributed by atoms with Gasteiger partial charge in [-0.2, -0.15) is 5.10 Å². The van der Waals surface area contributed by atoms with Crippen molar-refractivity contribution in [3.05, 3.63) is 11.8 Å². The average molecular weight is 333 g/mol. The van der Waals surface area contributed by atoms with E-state index in [1.54, 1.807) is 16.6 Å². The normalized spacial score (nSPS) is 18.5.